The minimum Gasteiger partial charge on any atom is -0.444 e. The molecule has 1 unspecified atom stereocenters. The first-order valence-electron chi connectivity index (χ1n) is 7.84. The van der Waals surface area contributed by atoms with Crippen LogP contribution in [0.1, 0.15) is 32.4 Å². The lowest BCUT2D eigenvalue weighted by molar-refractivity contribution is -0.124. The highest BCUT2D eigenvalue weighted by Crippen LogP contribution is 2.22. The molecular weight excluding hydrogens is 294 g/mol. The summed E-state index contributed by atoms with van der Waals surface area (Å²) < 4.78 is 5.38. The fourth-order valence-electron chi connectivity index (χ4n) is 2.68. The number of primary amides is 1. The molecule has 126 valence electrons. The first kappa shape index (κ1) is 17.3. The van der Waals surface area contributed by atoms with Gasteiger partial charge >= 0.3 is 6.09 Å². The summed E-state index contributed by atoms with van der Waals surface area (Å²) in [5.74, 6) is -0.373. The maximum Gasteiger partial charge on any atom is 0.410 e. The molecule has 1 fully saturated rings. The van der Waals surface area contributed by atoms with Crippen LogP contribution >= 0.6 is 0 Å². The van der Waals surface area contributed by atoms with E-state index >= 15 is 0 Å². The maximum atomic E-state index is 12.1. The van der Waals surface area contributed by atoms with E-state index < -0.39 is 11.6 Å². The third-order valence-electron chi connectivity index (χ3n) is 3.72. The second-order valence-corrected chi connectivity index (χ2v) is 6.72. The van der Waals surface area contributed by atoms with Gasteiger partial charge in [-0.2, -0.15) is 0 Å². The van der Waals surface area contributed by atoms with Gasteiger partial charge in [-0.3, -0.25) is 9.69 Å². The van der Waals surface area contributed by atoms with Crippen molar-refractivity contribution in [2.45, 2.75) is 32.4 Å². The zero-order valence-electron chi connectivity index (χ0n) is 14.0. The lowest BCUT2D eigenvalue weighted by atomic mass is 10.0. The molecule has 2 N–H and O–H groups in total. The molecular formula is C17H25N3O3. The van der Waals surface area contributed by atoms with Gasteiger partial charge in [0.2, 0.25) is 5.91 Å². The summed E-state index contributed by atoms with van der Waals surface area (Å²) >= 11 is 0. The Bertz CT molecular complexity index is 546. The van der Waals surface area contributed by atoms with E-state index in [-0.39, 0.29) is 12.0 Å². The Morgan fingerprint density at radius 2 is 1.65 bits per heavy atom. The quantitative estimate of drug-likeness (QED) is 0.921. The number of ether oxygens (including phenoxy) is 1. The Labute approximate surface area is 137 Å². The number of nitrogens with zero attached hydrogens (tertiary/aromatic N) is 2. The molecule has 1 aromatic carbocycles. The highest BCUT2D eigenvalue weighted by molar-refractivity contribution is 5.81. The molecule has 0 radical (unpaired) electrons. The van der Waals surface area contributed by atoms with Gasteiger partial charge < -0.3 is 15.4 Å². The second-order valence-electron chi connectivity index (χ2n) is 6.72. The molecule has 0 bridgehead atoms. The summed E-state index contributed by atoms with van der Waals surface area (Å²) in [5, 5.41) is 0. The standard InChI is InChI=1S/C17H25N3O3/c1-17(2,3)23-16(22)20-11-9-19(10-12-20)14(15(18)21)13-7-5-4-6-8-13/h4-8,14H,9-12H2,1-3H3,(H2,18,21). The van der Waals surface area contributed by atoms with Crippen molar-refractivity contribution in [3.63, 3.8) is 0 Å². The van der Waals surface area contributed by atoms with E-state index in [9.17, 15) is 9.59 Å². The number of rotatable bonds is 3. The molecule has 0 aromatic heterocycles. The highest BCUT2D eigenvalue weighted by atomic mass is 16.6. The fraction of sp³-hybridized carbons (Fsp3) is 0.529. The number of hydrogen-bond acceptors (Lipinski definition) is 4. The summed E-state index contributed by atoms with van der Waals surface area (Å²) in [6.07, 6.45) is -0.313. The van der Waals surface area contributed by atoms with Crippen LogP contribution in [0.4, 0.5) is 4.79 Å². The van der Waals surface area contributed by atoms with E-state index in [0.29, 0.717) is 26.2 Å². The number of piperazine rings is 1. The minimum absolute atomic E-state index is 0.313. The lowest BCUT2D eigenvalue weighted by Gasteiger charge is -2.38. The van der Waals surface area contributed by atoms with Crippen molar-refractivity contribution in [3.8, 4) is 0 Å². The third-order valence-corrected chi connectivity index (χ3v) is 3.72. The molecule has 0 saturated carbocycles. The first-order chi connectivity index (χ1) is 10.8. The molecule has 1 saturated heterocycles. The average Bonchev–Trinajstić information content (AvgIpc) is 2.47. The van der Waals surface area contributed by atoms with E-state index in [4.69, 9.17) is 10.5 Å². The topological polar surface area (TPSA) is 75.9 Å². The summed E-state index contributed by atoms with van der Waals surface area (Å²) in [6, 6.07) is 9.02. The molecule has 1 heterocycles. The monoisotopic (exact) mass is 319 g/mol. The van der Waals surface area contributed by atoms with Crippen molar-refractivity contribution in [1.82, 2.24) is 9.80 Å². The van der Waals surface area contributed by atoms with Gasteiger partial charge in [-0.15, -0.1) is 0 Å². The summed E-state index contributed by atoms with van der Waals surface area (Å²) in [6.45, 7) is 7.75. The van der Waals surface area contributed by atoms with Crippen LogP contribution in [0, 0.1) is 0 Å². The van der Waals surface area contributed by atoms with Crippen molar-refractivity contribution in [2.24, 2.45) is 5.73 Å². The van der Waals surface area contributed by atoms with Crippen LogP contribution in [-0.4, -0.2) is 53.6 Å². The predicted molar refractivity (Wildman–Crippen MR) is 87.8 cm³/mol. The third kappa shape index (κ3) is 4.69. The van der Waals surface area contributed by atoms with Crippen molar-refractivity contribution < 1.29 is 14.3 Å². The highest BCUT2D eigenvalue weighted by Gasteiger charge is 2.31. The van der Waals surface area contributed by atoms with Gasteiger partial charge in [-0.25, -0.2) is 4.79 Å². The van der Waals surface area contributed by atoms with Crippen molar-refractivity contribution >= 4 is 12.0 Å². The molecule has 2 amide bonds. The number of carbonyl (C=O) groups is 2. The van der Waals surface area contributed by atoms with E-state index in [1.807, 2.05) is 56.0 Å². The zero-order chi connectivity index (χ0) is 17.0. The van der Waals surface area contributed by atoms with Gasteiger partial charge in [0.25, 0.3) is 0 Å². The molecule has 0 spiro atoms. The van der Waals surface area contributed by atoms with E-state index in [0.717, 1.165) is 5.56 Å². The fourth-order valence-corrected chi connectivity index (χ4v) is 2.68. The number of carbonyl (C=O) groups excluding carboxylic acids is 2. The molecule has 6 nitrogen and oxygen atoms in total. The van der Waals surface area contributed by atoms with Crippen LogP contribution in [0.2, 0.25) is 0 Å². The molecule has 2 rings (SSSR count). The normalized spacial score (nSPS) is 17.6. The lowest BCUT2D eigenvalue weighted by Crippen LogP contribution is -2.52. The maximum absolute atomic E-state index is 12.1. The Balaban J connectivity index is 2.00. The van der Waals surface area contributed by atoms with Gasteiger partial charge in [0.05, 0.1) is 0 Å². The van der Waals surface area contributed by atoms with E-state index in [2.05, 4.69) is 0 Å². The second kappa shape index (κ2) is 7.00. The Hall–Kier alpha value is -2.08. The Morgan fingerprint density at radius 3 is 2.13 bits per heavy atom. The first-order valence-corrected chi connectivity index (χ1v) is 7.84. The molecule has 6 heteroatoms. The summed E-state index contributed by atoms with van der Waals surface area (Å²) in [7, 11) is 0. The number of hydrogen-bond donors (Lipinski definition) is 1. The van der Waals surface area contributed by atoms with Crippen molar-refractivity contribution in [2.75, 3.05) is 26.2 Å². The molecule has 0 aliphatic carbocycles. The van der Waals surface area contributed by atoms with Crippen LogP contribution in [-0.2, 0) is 9.53 Å². The molecule has 23 heavy (non-hydrogen) atoms. The number of benzene rings is 1. The van der Waals surface area contributed by atoms with E-state index in [1.165, 1.54) is 0 Å². The molecule has 1 aliphatic heterocycles. The van der Waals surface area contributed by atoms with Gasteiger partial charge in [0.15, 0.2) is 0 Å². The predicted octanol–water partition coefficient (Wildman–Crippen LogP) is 1.77. The molecule has 1 aliphatic rings. The van der Waals surface area contributed by atoms with Crippen molar-refractivity contribution in [1.29, 1.82) is 0 Å². The molecule has 1 atom stereocenters. The largest absolute Gasteiger partial charge is 0.444 e. The van der Waals surface area contributed by atoms with Gasteiger partial charge in [-0.05, 0) is 26.3 Å². The van der Waals surface area contributed by atoms with Crippen LogP contribution in [0.15, 0.2) is 30.3 Å². The summed E-state index contributed by atoms with van der Waals surface area (Å²) in [4.78, 5) is 27.6. The summed E-state index contributed by atoms with van der Waals surface area (Å²) in [5.41, 5.74) is 5.97. The van der Waals surface area contributed by atoms with Gasteiger partial charge in [0.1, 0.15) is 11.6 Å². The van der Waals surface area contributed by atoms with Crippen LogP contribution in [0.5, 0.6) is 0 Å². The Morgan fingerprint density at radius 1 is 1.09 bits per heavy atom. The SMILES string of the molecule is CC(C)(C)OC(=O)N1CCN(C(C(N)=O)c2ccccc2)CC1. The Kier molecular flexibility index (Phi) is 5.26. The minimum atomic E-state index is -0.506. The average molecular weight is 319 g/mol. The van der Waals surface area contributed by atoms with Gasteiger partial charge in [-0.1, -0.05) is 30.3 Å². The molecule has 1 aromatic rings. The smallest absolute Gasteiger partial charge is 0.410 e. The number of amides is 2. The van der Waals surface area contributed by atoms with Crippen LogP contribution in [0.25, 0.3) is 0 Å². The number of nitrogens with two attached hydrogens (primary N) is 1. The van der Waals surface area contributed by atoms with E-state index in [1.54, 1.807) is 4.90 Å². The zero-order valence-corrected chi connectivity index (χ0v) is 14.0. The van der Waals surface area contributed by atoms with Crippen molar-refractivity contribution in [3.05, 3.63) is 35.9 Å². The van der Waals surface area contributed by atoms with Gasteiger partial charge in [0, 0.05) is 26.2 Å². The van der Waals surface area contributed by atoms with Crippen LogP contribution in [0.3, 0.4) is 0 Å². The van der Waals surface area contributed by atoms with Crippen LogP contribution < -0.4 is 5.73 Å².